The average molecular weight is 166 g/mol. The first kappa shape index (κ1) is 9.54. The molecule has 2 nitrogen and oxygen atoms in total. The Morgan fingerprint density at radius 1 is 1.08 bits per heavy atom. The van der Waals surface area contributed by atoms with Crippen molar-refractivity contribution in [2.75, 3.05) is 26.2 Å². The van der Waals surface area contributed by atoms with Gasteiger partial charge in [-0.15, -0.1) is 0 Å². The van der Waals surface area contributed by atoms with Crippen LogP contribution >= 0.6 is 0 Å². The van der Waals surface area contributed by atoms with Crippen LogP contribution in [0.25, 0.3) is 4.85 Å². The van der Waals surface area contributed by atoms with E-state index in [4.69, 9.17) is 6.57 Å². The molecule has 1 aliphatic rings. The standard InChI is InChI=1S/C10H18N2/c1-11-7-6-10-12-8-4-2-3-5-9-12/h2-10H2. The van der Waals surface area contributed by atoms with Crippen molar-refractivity contribution >= 4 is 0 Å². The highest BCUT2D eigenvalue weighted by Crippen LogP contribution is 2.09. The summed E-state index contributed by atoms with van der Waals surface area (Å²) in [4.78, 5) is 5.88. The zero-order valence-electron chi connectivity index (χ0n) is 7.76. The quantitative estimate of drug-likeness (QED) is 0.460. The van der Waals surface area contributed by atoms with Crippen LogP contribution in [0.3, 0.4) is 0 Å². The Morgan fingerprint density at radius 3 is 2.33 bits per heavy atom. The van der Waals surface area contributed by atoms with Gasteiger partial charge in [0.25, 0.3) is 0 Å². The maximum atomic E-state index is 6.67. The molecule has 0 N–H and O–H groups in total. The maximum Gasteiger partial charge on any atom is 0.215 e. The van der Waals surface area contributed by atoms with Crippen LogP contribution in [-0.2, 0) is 0 Å². The summed E-state index contributed by atoms with van der Waals surface area (Å²) in [5.41, 5.74) is 0. The molecule has 1 aliphatic heterocycles. The minimum atomic E-state index is 0.705. The van der Waals surface area contributed by atoms with Crippen LogP contribution < -0.4 is 0 Å². The minimum Gasteiger partial charge on any atom is -0.317 e. The van der Waals surface area contributed by atoms with Gasteiger partial charge in [0.15, 0.2) is 0 Å². The Labute approximate surface area is 75.4 Å². The molecule has 0 radical (unpaired) electrons. The molecule has 1 heterocycles. The Hall–Kier alpha value is -0.550. The molecule has 0 saturated carbocycles. The highest BCUT2D eigenvalue weighted by atomic mass is 15.1. The van der Waals surface area contributed by atoms with Crippen LogP contribution in [0.5, 0.6) is 0 Å². The molecule has 0 aromatic heterocycles. The number of hydrogen-bond donors (Lipinski definition) is 0. The van der Waals surface area contributed by atoms with Gasteiger partial charge in [0, 0.05) is 13.0 Å². The first-order valence-electron chi connectivity index (χ1n) is 4.99. The highest BCUT2D eigenvalue weighted by molar-refractivity contribution is 4.66. The summed E-state index contributed by atoms with van der Waals surface area (Å²) in [5, 5.41) is 0. The topological polar surface area (TPSA) is 7.60 Å². The van der Waals surface area contributed by atoms with E-state index < -0.39 is 0 Å². The molecular formula is C10H18N2. The van der Waals surface area contributed by atoms with E-state index in [1.54, 1.807) is 0 Å². The van der Waals surface area contributed by atoms with Crippen molar-refractivity contribution in [3.63, 3.8) is 0 Å². The van der Waals surface area contributed by atoms with Crippen LogP contribution in [0.15, 0.2) is 0 Å². The fourth-order valence-corrected chi connectivity index (χ4v) is 1.73. The first-order chi connectivity index (χ1) is 5.93. The monoisotopic (exact) mass is 166 g/mol. The van der Waals surface area contributed by atoms with Gasteiger partial charge in [0.2, 0.25) is 6.54 Å². The van der Waals surface area contributed by atoms with Gasteiger partial charge < -0.3 is 9.74 Å². The molecule has 0 amide bonds. The van der Waals surface area contributed by atoms with Gasteiger partial charge in [0.05, 0.1) is 0 Å². The van der Waals surface area contributed by atoms with Crippen LogP contribution in [-0.4, -0.2) is 31.1 Å². The minimum absolute atomic E-state index is 0.705. The summed E-state index contributed by atoms with van der Waals surface area (Å²) >= 11 is 0. The molecule has 2 heteroatoms. The van der Waals surface area contributed by atoms with E-state index in [9.17, 15) is 0 Å². The van der Waals surface area contributed by atoms with Gasteiger partial charge in [0.1, 0.15) is 0 Å². The molecule has 12 heavy (non-hydrogen) atoms. The lowest BCUT2D eigenvalue weighted by Gasteiger charge is -2.17. The molecule has 1 fully saturated rings. The van der Waals surface area contributed by atoms with Crippen molar-refractivity contribution < 1.29 is 0 Å². The Morgan fingerprint density at radius 2 is 1.75 bits per heavy atom. The maximum absolute atomic E-state index is 6.67. The summed E-state index contributed by atoms with van der Waals surface area (Å²) < 4.78 is 0. The second-order valence-electron chi connectivity index (χ2n) is 3.49. The van der Waals surface area contributed by atoms with E-state index in [1.165, 1.54) is 38.8 Å². The van der Waals surface area contributed by atoms with E-state index in [1.807, 2.05) is 0 Å². The van der Waals surface area contributed by atoms with Gasteiger partial charge in [-0.05, 0) is 25.9 Å². The molecule has 0 atom stereocenters. The van der Waals surface area contributed by atoms with Gasteiger partial charge in [-0.2, -0.15) is 0 Å². The Balaban J connectivity index is 2.08. The zero-order chi connectivity index (χ0) is 8.65. The van der Waals surface area contributed by atoms with Crippen molar-refractivity contribution in [2.24, 2.45) is 0 Å². The summed E-state index contributed by atoms with van der Waals surface area (Å²) in [7, 11) is 0. The number of nitrogens with zero attached hydrogens (tertiary/aromatic N) is 2. The third-order valence-electron chi connectivity index (χ3n) is 2.44. The average Bonchev–Trinajstić information content (AvgIpc) is 2.33. The molecule has 1 rings (SSSR count). The molecule has 0 aromatic rings. The number of rotatable bonds is 3. The molecule has 0 bridgehead atoms. The third kappa shape index (κ3) is 3.73. The Bertz CT molecular complexity index is 140. The number of hydrogen-bond acceptors (Lipinski definition) is 1. The molecule has 68 valence electrons. The summed E-state index contributed by atoms with van der Waals surface area (Å²) in [6.07, 6.45) is 6.58. The Kier molecular flexibility index (Phi) is 4.79. The van der Waals surface area contributed by atoms with Crippen molar-refractivity contribution in [1.82, 2.24) is 4.90 Å². The van der Waals surface area contributed by atoms with Gasteiger partial charge >= 0.3 is 0 Å². The lowest BCUT2D eigenvalue weighted by Crippen LogP contribution is -2.25. The van der Waals surface area contributed by atoms with E-state index in [-0.39, 0.29) is 0 Å². The van der Waals surface area contributed by atoms with Gasteiger partial charge in [-0.25, -0.2) is 6.57 Å². The van der Waals surface area contributed by atoms with Crippen LogP contribution in [0, 0.1) is 6.57 Å². The first-order valence-corrected chi connectivity index (χ1v) is 4.99. The predicted octanol–water partition coefficient (Wildman–Crippen LogP) is 2.17. The van der Waals surface area contributed by atoms with Crippen molar-refractivity contribution in [3.05, 3.63) is 11.4 Å². The normalized spacial score (nSPS) is 19.9. The SMILES string of the molecule is [C-]#[N+]CCCN1CCCCCC1. The summed E-state index contributed by atoms with van der Waals surface area (Å²) in [6.45, 7) is 11.0. The van der Waals surface area contributed by atoms with Crippen LogP contribution in [0.2, 0.25) is 0 Å². The summed E-state index contributed by atoms with van der Waals surface area (Å²) in [6, 6.07) is 0. The molecule has 1 saturated heterocycles. The smallest absolute Gasteiger partial charge is 0.215 e. The van der Waals surface area contributed by atoms with E-state index in [2.05, 4.69) is 9.74 Å². The predicted molar refractivity (Wildman–Crippen MR) is 51.0 cm³/mol. The van der Waals surface area contributed by atoms with Crippen LogP contribution in [0.4, 0.5) is 0 Å². The number of likely N-dealkylation sites (tertiary alicyclic amines) is 1. The highest BCUT2D eigenvalue weighted by Gasteiger charge is 2.07. The van der Waals surface area contributed by atoms with Crippen molar-refractivity contribution in [2.45, 2.75) is 32.1 Å². The molecule has 0 unspecified atom stereocenters. The van der Waals surface area contributed by atoms with E-state index in [0.717, 1.165) is 13.0 Å². The van der Waals surface area contributed by atoms with Gasteiger partial charge in [-0.1, -0.05) is 12.8 Å². The summed E-state index contributed by atoms with van der Waals surface area (Å²) in [5.74, 6) is 0. The zero-order valence-corrected chi connectivity index (χ0v) is 7.76. The van der Waals surface area contributed by atoms with Crippen LogP contribution in [0.1, 0.15) is 32.1 Å². The lowest BCUT2D eigenvalue weighted by atomic mass is 10.2. The fourth-order valence-electron chi connectivity index (χ4n) is 1.73. The third-order valence-corrected chi connectivity index (χ3v) is 2.44. The second kappa shape index (κ2) is 6.02. The molecular weight excluding hydrogens is 148 g/mol. The van der Waals surface area contributed by atoms with E-state index >= 15 is 0 Å². The molecule has 0 spiro atoms. The van der Waals surface area contributed by atoms with Gasteiger partial charge in [-0.3, -0.25) is 0 Å². The van der Waals surface area contributed by atoms with Crippen molar-refractivity contribution in [3.8, 4) is 0 Å². The largest absolute Gasteiger partial charge is 0.317 e. The lowest BCUT2D eigenvalue weighted by molar-refractivity contribution is 0.285. The van der Waals surface area contributed by atoms with Crippen molar-refractivity contribution in [1.29, 1.82) is 0 Å². The molecule has 0 aromatic carbocycles. The fraction of sp³-hybridized carbons (Fsp3) is 0.900. The molecule has 0 aliphatic carbocycles. The second-order valence-corrected chi connectivity index (χ2v) is 3.49. The van der Waals surface area contributed by atoms with E-state index in [0.29, 0.717) is 6.54 Å².